The molecule has 0 fully saturated rings. The number of amides is 1. The van der Waals surface area contributed by atoms with Crippen molar-refractivity contribution in [3.63, 3.8) is 0 Å². The largest absolute Gasteiger partial charge is 0.493 e. The highest BCUT2D eigenvalue weighted by molar-refractivity contribution is 5.91. The van der Waals surface area contributed by atoms with E-state index >= 15 is 0 Å². The second-order valence-corrected chi connectivity index (χ2v) is 6.28. The number of nitrogens with zero attached hydrogens (tertiary/aromatic N) is 1. The van der Waals surface area contributed by atoms with Gasteiger partial charge in [0.2, 0.25) is 0 Å². The van der Waals surface area contributed by atoms with Gasteiger partial charge < -0.3 is 24.8 Å². The predicted molar refractivity (Wildman–Crippen MR) is 112 cm³/mol. The average molecular weight is 393 g/mol. The third kappa shape index (κ3) is 5.62. The molecule has 0 aliphatic rings. The van der Waals surface area contributed by atoms with E-state index in [9.17, 15) is 4.79 Å². The molecule has 1 aromatic heterocycles. The zero-order chi connectivity index (χ0) is 20.6. The van der Waals surface area contributed by atoms with Crippen LogP contribution in [0.4, 0.5) is 17.2 Å². The highest BCUT2D eigenvalue weighted by Gasteiger charge is 2.07. The van der Waals surface area contributed by atoms with Crippen molar-refractivity contribution in [2.45, 2.75) is 6.92 Å². The Morgan fingerprint density at radius 3 is 2.31 bits per heavy atom. The summed E-state index contributed by atoms with van der Waals surface area (Å²) in [6, 6.07) is 16.6. The number of anilines is 3. The maximum Gasteiger partial charge on any atom is 0.262 e. The summed E-state index contributed by atoms with van der Waals surface area (Å²) < 4.78 is 16.0. The van der Waals surface area contributed by atoms with Gasteiger partial charge in [0.1, 0.15) is 11.6 Å². The molecule has 0 saturated carbocycles. The lowest BCUT2D eigenvalue weighted by Crippen LogP contribution is -2.20. The summed E-state index contributed by atoms with van der Waals surface area (Å²) in [5, 5.41) is 5.93. The fourth-order valence-electron chi connectivity index (χ4n) is 2.58. The van der Waals surface area contributed by atoms with Gasteiger partial charge in [0.05, 0.1) is 26.1 Å². The first kappa shape index (κ1) is 20.0. The summed E-state index contributed by atoms with van der Waals surface area (Å²) in [5.74, 6) is 2.30. The fourth-order valence-corrected chi connectivity index (χ4v) is 2.58. The number of aryl methyl sites for hydroxylation is 1. The first-order chi connectivity index (χ1) is 14.1. The lowest BCUT2D eigenvalue weighted by molar-refractivity contribution is -0.118. The van der Waals surface area contributed by atoms with Gasteiger partial charge in [0.25, 0.3) is 5.91 Å². The van der Waals surface area contributed by atoms with Gasteiger partial charge in [-0.25, -0.2) is 4.98 Å². The second kappa shape index (κ2) is 9.45. The monoisotopic (exact) mass is 393 g/mol. The number of hydrogen-bond acceptors (Lipinski definition) is 6. The van der Waals surface area contributed by atoms with Crippen LogP contribution in [0.25, 0.3) is 0 Å². The van der Waals surface area contributed by atoms with Crippen LogP contribution in [-0.4, -0.2) is 31.7 Å². The summed E-state index contributed by atoms with van der Waals surface area (Å²) in [7, 11) is 3.17. The SMILES string of the molecule is COc1ccc(Nc2ccc(NC(=O)COc3ccc(C)cc3)cn2)cc1OC. The van der Waals surface area contributed by atoms with Crippen molar-refractivity contribution in [1.29, 1.82) is 0 Å². The van der Waals surface area contributed by atoms with E-state index < -0.39 is 0 Å². The van der Waals surface area contributed by atoms with Crippen LogP contribution in [0.5, 0.6) is 17.2 Å². The number of aromatic nitrogens is 1. The Kier molecular flexibility index (Phi) is 6.52. The number of carbonyl (C=O) groups excluding carboxylic acids is 1. The molecule has 0 atom stereocenters. The normalized spacial score (nSPS) is 10.2. The molecule has 0 aliphatic heterocycles. The maximum atomic E-state index is 12.1. The predicted octanol–water partition coefficient (Wildman–Crippen LogP) is 4.17. The number of nitrogens with one attached hydrogen (secondary N) is 2. The van der Waals surface area contributed by atoms with Gasteiger partial charge in [0, 0.05) is 11.8 Å². The zero-order valence-electron chi connectivity index (χ0n) is 16.6. The molecule has 2 N–H and O–H groups in total. The Balaban J connectivity index is 1.54. The molecule has 0 aliphatic carbocycles. The number of ether oxygens (including phenoxy) is 3. The van der Waals surface area contributed by atoms with Crippen molar-refractivity contribution in [2.24, 2.45) is 0 Å². The van der Waals surface area contributed by atoms with Crippen LogP contribution < -0.4 is 24.8 Å². The molecular weight excluding hydrogens is 370 g/mol. The van der Waals surface area contributed by atoms with Crippen LogP contribution in [0.15, 0.2) is 60.8 Å². The Morgan fingerprint density at radius 2 is 1.66 bits per heavy atom. The molecule has 2 aromatic carbocycles. The van der Waals surface area contributed by atoms with Gasteiger partial charge in [-0.3, -0.25) is 4.79 Å². The van der Waals surface area contributed by atoms with E-state index in [4.69, 9.17) is 14.2 Å². The van der Waals surface area contributed by atoms with Crippen LogP contribution in [0, 0.1) is 6.92 Å². The number of methoxy groups -OCH3 is 2. The van der Waals surface area contributed by atoms with Gasteiger partial charge in [-0.2, -0.15) is 0 Å². The van der Waals surface area contributed by atoms with Crippen LogP contribution in [0.3, 0.4) is 0 Å². The maximum absolute atomic E-state index is 12.1. The molecule has 1 amide bonds. The number of benzene rings is 2. The molecule has 3 rings (SSSR count). The molecule has 0 radical (unpaired) electrons. The average Bonchev–Trinajstić information content (AvgIpc) is 2.74. The van der Waals surface area contributed by atoms with E-state index in [1.165, 1.54) is 0 Å². The van der Waals surface area contributed by atoms with Crippen molar-refractivity contribution in [3.05, 3.63) is 66.4 Å². The molecule has 29 heavy (non-hydrogen) atoms. The van der Waals surface area contributed by atoms with Crippen LogP contribution in [0.1, 0.15) is 5.56 Å². The molecule has 150 valence electrons. The Morgan fingerprint density at radius 1 is 0.931 bits per heavy atom. The van der Waals surface area contributed by atoms with Gasteiger partial charge in [-0.15, -0.1) is 0 Å². The van der Waals surface area contributed by atoms with E-state index in [0.717, 1.165) is 11.3 Å². The van der Waals surface area contributed by atoms with Crippen LogP contribution in [-0.2, 0) is 4.79 Å². The Hall–Kier alpha value is -3.74. The summed E-state index contributed by atoms with van der Waals surface area (Å²) >= 11 is 0. The first-order valence-electron chi connectivity index (χ1n) is 9.02. The highest BCUT2D eigenvalue weighted by Crippen LogP contribution is 2.30. The molecular formula is C22H23N3O4. The lowest BCUT2D eigenvalue weighted by atomic mass is 10.2. The minimum absolute atomic E-state index is 0.0747. The van der Waals surface area contributed by atoms with E-state index in [0.29, 0.717) is 28.8 Å². The molecule has 0 unspecified atom stereocenters. The van der Waals surface area contributed by atoms with Gasteiger partial charge >= 0.3 is 0 Å². The van der Waals surface area contributed by atoms with Crippen LogP contribution in [0.2, 0.25) is 0 Å². The molecule has 0 saturated heterocycles. The number of rotatable bonds is 8. The van der Waals surface area contributed by atoms with Crippen molar-refractivity contribution in [3.8, 4) is 17.2 Å². The van der Waals surface area contributed by atoms with E-state index in [2.05, 4.69) is 15.6 Å². The van der Waals surface area contributed by atoms with E-state index in [1.54, 1.807) is 32.5 Å². The topological polar surface area (TPSA) is 81.7 Å². The third-order valence-corrected chi connectivity index (χ3v) is 4.09. The van der Waals surface area contributed by atoms with Crippen molar-refractivity contribution >= 4 is 23.1 Å². The van der Waals surface area contributed by atoms with Crippen molar-refractivity contribution in [2.75, 3.05) is 31.5 Å². The Bertz CT molecular complexity index is 957. The quantitative estimate of drug-likeness (QED) is 0.598. The smallest absolute Gasteiger partial charge is 0.262 e. The summed E-state index contributed by atoms with van der Waals surface area (Å²) in [6.07, 6.45) is 1.58. The number of carbonyl (C=O) groups is 1. The fraction of sp³-hybridized carbons (Fsp3) is 0.182. The number of hydrogen-bond donors (Lipinski definition) is 2. The molecule has 7 nitrogen and oxygen atoms in total. The highest BCUT2D eigenvalue weighted by atomic mass is 16.5. The molecule has 7 heteroatoms. The van der Waals surface area contributed by atoms with Crippen molar-refractivity contribution < 1.29 is 19.0 Å². The number of pyridine rings is 1. The molecule has 3 aromatic rings. The summed E-state index contributed by atoms with van der Waals surface area (Å²) in [4.78, 5) is 16.4. The van der Waals surface area contributed by atoms with Crippen LogP contribution >= 0.6 is 0 Å². The molecule has 0 bridgehead atoms. The van der Waals surface area contributed by atoms with E-state index in [-0.39, 0.29) is 12.5 Å². The van der Waals surface area contributed by atoms with Gasteiger partial charge in [0.15, 0.2) is 18.1 Å². The van der Waals surface area contributed by atoms with Gasteiger partial charge in [-0.1, -0.05) is 17.7 Å². The lowest BCUT2D eigenvalue weighted by Gasteiger charge is -2.11. The molecule has 0 spiro atoms. The Labute approximate surface area is 169 Å². The van der Waals surface area contributed by atoms with E-state index in [1.807, 2.05) is 49.4 Å². The first-order valence-corrected chi connectivity index (χ1v) is 9.02. The summed E-state index contributed by atoms with van der Waals surface area (Å²) in [5.41, 5.74) is 2.52. The van der Waals surface area contributed by atoms with Gasteiger partial charge in [-0.05, 0) is 43.3 Å². The molecule has 1 heterocycles. The minimum atomic E-state index is -0.257. The summed E-state index contributed by atoms with van der Waals surface area (Å²) in [6.45, 7) is 1.92. The minimum Gasteiger partial charge on any atom is -0.493 e. The standard InChI is InChI=1S/C22H23N3O4/c1-15-4-8-18(9-5-15)29-14-22(26)25-17-7-11-21(23-13-17)24-16-6-10-19(27-2)20(12-16)28-3/h4-13H,14H2,1-3H3,(H,23,24)(H,25,26). The third-order valence-electron chi connectivity index (χ3n) is 4.09. The zero-order valence-corrected chi connectivity index (χ0v) is 16.6. The van der Waals surface area contributed by atoms with Crippen molar-refractivity contribution in [1.82, 2.24) is 4.98 Å². The second-order valence-electron chi connectivity index (χ2n) is 6.28.